The van der Waals surface area contributed by atoms with Crippen LogP contribution in [0.25, 0.3) is 0 Å². The maximum Gasteiger partial charge on any atom is 0.254 e. The SMILES string of the molecule is O=C(c1ccc(Cl)c(O)c1)N1CCCC2c3ccccc3CC21. The number of aromatic hydroxyl groups is 1. The molecule has 0 saturated carbocycles. The van der Waals surface area contributed by atoms with E-state index in [1.165, 1.54) is 17.2 Å². The number of carbonyl (C=O) groups excluding carboxylic acids is 1. The number of fused-ring (bicyclic) bond motifs is 3. The van der Waals surface area contributed by atoms with Gasteiger partial charge in [-0.05, 0) is 48.6 Å². The van der Waals surface area contributed by atoms with Gasteiger partial charge in [0.05, 0.1) is 5.02 Å². The number of hydrogen-bond donors (Lipinski definition) is 1. The molecule has 1 heterocycles. The van der Waals surface area contributed by atoms with Crippen LogP contribution in [0, 0.1) is 0 Å². The van der Waals surface area contributed by atoms with Gasteiger partial charge in [0.25, 0.3) is 5.91 Å². The fourth-order valence-corrected chi connectivity index (χ4v) is 4.16. The van der Waals surface area contributed by atoms with E-state index in [4.69, 9.17) is 11.6 Å². The summed E-state index contributed by atoms with van der Waals surface area (Å²) in [6.07, 6.45) is 3.07. The Morgan fingerprint density at radius 2 is 2.04 bits per heavy atom. The van der Waals surface area contributed by atoms with Crippen molar-refractivity contribution in [2.24, 2.45) is 0 Å². The van der Waals surface area contributed by atoms with Crippen LogP contribution in [0.2, 0.25) is 5.02 Å². The molecule has 1 fully saturated rings. The number of phenolic OH excluding ortho intramolecular Hbond substituents is 1. The van der Waals surface area contributed by atoms with Crippen LogP contribution < -0.4 is 0 Å². The van der Waals surface area contributed by atoms with Gasteiger partial charge in [-0.1, -0.05) is 35.9 Å². The summed E-state index contributed by atoms with van der Waals surface area (Å²) in [7, 11) is 0. The van der Waals surface area contributed by atoms with Crippen molar-refractivity contribution in [2.75, 3.05) is 6.54 Å². The minimum atomic E-state index is -0.0409. The largest absolute Gasteiger partial charge is 0.506 e. The molecule has 0 bridgehead atoms. The van der Waals surface area contributed by atoms with E-state index in [0.29, 0.717) is 11.5 Å². The Bertz CT molecular complexity index is 774. The molecule has 4 heteroatoms. The fraction of sp³-hybridized carbons (Fsp3) is 0.316. The van der Waals surface area contributed by atoms with Crippen LogP contribution in [0.15, 0.2) is 42.5 Å². The molecule has 0 radical (unpaired) electrons. The van der Waals surface area contributed by atoms with E-state index < -0.39 is 0 Å². The van der Waals surface area contributed by atoms with Gasteiger partial charge in [0.1, 0.15) is 5.75 Å². The topological polar surface area (TPSA) is 40.5 Å². The molecule has 0 spiro atoms. The summed E-state index contributed by atoms with van der Waals surface area (Å²) in [5.41, 5.74) is 3.26. The van der Waals surface area contributed by atoms with Crippen molar-refractivity contribution < 1.29 is 9.90 Å². The summed E-state index contributed by atoms with van der Waals surface area (Å²) < 4.78 is 0. The maximum absolute atomic E-state index is 12.9. The molecule has 0 aromatic heterocycles. The number of benzene rings is 2. The van der Waals surface area contributed by atoms with Crippen LogP contribution in [0.5, 0.6) is 5.75 Å². The number of hydrogen-bond acceptors (Lipinski definition) is 2. The lowest BCUT2D eigenvalue weighted by molar-refractivity contribution is 0.0595. The van der Waals surface area contributed by atoms with Gasteiger partial charge < -0.3 is 10.0 Å². The number of phenols is 1. The van der Waals surface area contributed by atoms with Crippen molar-refractivity contribution in [3.8, 4) is 5.75 Å². The number of likely N-dealkylation sites (tertiary alicyclic amines) is 1. The van der Waals surface area contributed by atoms with E-state index in [1.807, 2.05) is 4.90 Å². The fourth-order valence-electron chi connectivity index (χ4n) is 4.04. The number of nitrogens with zero attached hydrogens (tertiary/aromatic N) is 1. The lowest BCUT2D eigenvalue weighted by Crippen LogP contribution is -2.46. The van der Waals surface area contributed by atoms with Crippen LogP contribution in [-0.4, -0.2) is 28.5 Å². The Kier molecular flexibility index (Phi) is 3.53. The molecular weight excluding hydrogens is 310 g/mol. The first-order chi connectivity index (χ1) is 11.1. The zero-order valence-electron chi connectivity index (χ0n) is 12.7. The highest BCUT2D eigenvalue weighted by atomic mass is 35.5. The molecule has 1 N–H and O–H groups in total. The quantitative estimate of drug-likeness (QED) is 0.860. The summed E-state index contributed by atoms with van der Waals surface area (Å²) >= 11 is 5.85. The Hall–Kier alpha value is -2.00. The van der Waals surface area contributed by atoms with Crippen molar-refractivity contribution in [1.29, 1.82) is 0 Å². The highest BCUT2D eigenvalue weighted by Gasteiger charge is 2.40. The molecule has 2 unspecified atom stereocenters. The molecule has 2 aliphatic rings. The van der Waals surface area contributed by atoms with E-state index in [-0.39, 0.29) is 22.7 Å². The molecule has 1 saturated heterocycles. The summed E-state index contributed by atoms with van der Waals surface area (Å²) in [5.74, 6) is 0.380. The second-order valence-corrected chi connectivity index (χ2v) is 6.79. The molecule has 1 aliphatic heterocycles. The molecule has 1 aliphatic carbocycles. The molecule has 4 rings (SSSR count). The summed E-state index contributed by atoms with van der Waals surface area (Å²) in [5, 5.41) is 10.0. The third-order valence-electron chi connectivity index (χ3n) is 5.12. The molecule has 2 atom stereocenters. The summed E-state index contributed by atoms with van der Waals surface area (Å²) in [4.78, 5) is 14.9. The molecule has 118 valence electrons. The average Bonchev–Trinajstić information content (AvgIpc) is 2.95. The van der Waals surface area contributed by atoms with E-state index in [1.54, 1.807) is 12.1 Å². The third kappa shape index (κ3) is 2.40. The minimum absolute atomic E-state index is 0.0144. The zero-order valence-corrected chi connectivity index (χ0v) is 13.5. The number of rotatable bonds is 1. The summed E-state index contributed by atoms with van der Waals surface area (Å²) in [6, 6.07) is 13.5. The van der Waals surface area contributed by atoms with Crippen molar-refractivity contribution in [3.05, 3.63) is 64.2 Å². The van der Waals surface area contributed by atoms with Crippen molar-refractivity contribution in [2.45, 2.75) is 31.2 Å². The lowest BCUT2D eigenvalue weighted by atomic mass is 9.88. The smallest absolute Gasteiger partial charge is 0.254 e. The Morgan fingerprint density at radius 3 is 2.87 bits per heavy atom. The van der Waals surface area contributed by atoms with Gasteiger partial charge in [0.2, 0.25) is 0 Å². The predicted molar refractivity (Wildman–Crippen MR) is 90.1 cm³/mol. The molecule has 3 nitrogen and oxygen atoms in total. The van der Waals surface area contributed by atoms with Gasteiger partial charge in [-0.25, -0.2) is 0 Å². The number of amides is 1. The summed E-state index contributed by atoms with van der Waals surface area (Å²) in [6.45, 7) is 0.775. The van der Waals surface area contributed by atoms with Crippen LogP contribution in [0.1, 0.15) is 40.2 Å². The molecule has 2 aromatic rings. The second-order valence-electron chi connectivity index (χ2n) is 6.38. The first-order valence-corrected chi connectivity index (χ1v) is 8.40. The van der Waals surface area contributed by atoms with Gasteiger partial charge >= 0.3 is 0 Å². The van der Waals surface area contributed by atoms with Gasteiger partial charge in [0.15, 0.2) is 0 Å². The minimum Gasteiger partial charge on any atom is -0.506 e. The normalized spacial score (nSPS) is 22.6. The van der Waals surface area contributed by atoms with E-state index in [2.05, 4.69) is 24.3 Å². The standard InChI is InChI=1S/C19H18ClNO2/c20-16-8-7-13(11-18(16)22)19(23)21-9-3-6-15-14-5-2-1-4-12(14)10-17(15)21/h1-2,4-5,7-8,11,15,17,22H,3,6,9-10H2. The molecular formula is C19H18ClNO2. The Morgan fingerprint density at radius 1 is 1.22 bits per heavy atom. The lowest BCUT2D eigenvalue weighted by Gasteiger charge is -2.38. The predicted octanol–water partition coefficient (Wildman–Crippen LogP) is 3.99. The number of carbonyl (C=O) groups is 1. The van der Waals surface area contributed by atoms with Crippen LogP contribution in [0.3, 0.4) is 0 Å². The maximum atomic E-state index is 12.9. The molecule has 23 heavy (non-hydrogen) atoms. The van der Waals surface area contributed by atoms with Gasteiger partial charge in [-0.3, -0.25) is 4.79 Å². The Labute approximate surface area is 140 Å². The highest BCUT2D eigenvalue weighted by molar-refractivity contribution is 6.32. The van der Waals surface area contributed by atoms with Gasteiger partial charge in [-0.15, -0.1) is 0 Å². The Balaban J connectivity index is 1.65. The van der Waals surface area contributed by atoms with Crippen molar-refractivity contribution >= 4 is 17.5 Å². The third-order valence-corrected chi connectivity index (χ3v) is 5.44. The molecule has 2 aromatic carbocycles. The highest BCUT2D eigenvalue weighted by Crippen LogP contribution is 2.42. The molecule has 1 amide bonds. The first-order valence-electron chi connectivity index (χ1n) is 8.02. The monoisotopic (exact) mass is 327 g/mol. The number of halogens is 1. The van der Waals surface area contributed by atoms with Crippen LogP contribution in [-0.2, 0) is 6.42 Å². The van der Waals surface area contributed by atoms with Crippen molar-refractivity contribution in [1.82, 2.24) is 4.90 Å². The number of piperidine rings is 1. The first kappa shape index (κ1) is 14.6. The van der Waals surface area contributed by atoms with E-state index in [9.17, 15) is 9.90 Å². The average molecular weight is 328 g/mol. The van der Waals surface area contributed by atoms with E-state index in [0.717, 1.165) is 25.8 Å². The van der Waals surface area contributed by atoms with Crippen LogP contribution in [0.4, 0.5) is 0 Å². The van der Waals surface area contributed by atoms with Gasteiger partial charge in [-0.2, -0.15) is 0 Å². The van der Waals surface area contributed by atoms with E-state index >= 15 is 0 Å². The van der Waals surface area contributed by atoms with Crippen molar-refractivity contribution in [3.63, 3.8) is 0 Å². The van der Waals surface area contributed by atoms with Crippen LogP contribution >= 0.6 is 11.6 Å². The van der Waals surface area contributed by atoms with Gasteiger partial charge in [0, 0.05) is 24.1 Å². The zero-order chi connectivity index (χ0) is 16.0. The second kappa shape index (κ2) is 5.57.